The zero-order chi connectivity index (χ0) is 16.1. The molecule has 0 fully saturated rings. The molecular formula is C15H10BrClFNO3. The minimum absolute atomic E-state index is 0.107. The number of amides is 1. The normalized spacial score (nSPS) is 10.1. The molecule has 0 saturated heterocycles. The van der Waals surface area contributed by atoms with Gasteiger partial charge in [-0.15, -0.1) is 0 Å². The molecule has 2 aromatic rings. The first-order chi connectivity index (χ1) is 10.5. The second-order valence-corrected chi connectivity index (χ2v) is 5.58. The number of benzene rings is 2. The number of anilines is 1. The molecule has 0 heterocycles. The molecule has 0 aliphatic heterocycles. The fourth-order valence-electron chi connectivity index (χ4n) is 1.57. The number of rotatable bonds is 4. The fourth-order valence-corrected chi connectivity index (χ4v) is 2.02. The maximum Gasteiger partial charge on any atom is 0.338 e. The van der Waals surface area contributed by atoms with E-state index in [9.17, 15) is 14.0 Å². The van der Waals surface area contributed by atoms with Gasteiger partial charge < -0.3 is 10.1 Å². The minimum Gasteiger partial charge on any atom is -0.452 e. The summed E-state index contributed by atoms with van der Waals surface area (Å²) in [5.41, 5.74) is 0.650. The van der Waals surface area contributed by atoms with Crippen molar-refractivity contribution in [1.82, 2.24) is 0 Å². The van der Waals surface area contributed by atoms with Crippen molar-refractivity contribution in [2.45, 2.75) is 0 Å². The van der Waals surface area contributed by atoms with Crippen LogP contribution in [0.5, 0.6) is 0 Å². The van der Waals surface area contributed by atoms with Crippen molar-refractivity contribution < 1.29 is 18.7 Å². The van der Waals surface area contributed by atoms with Gasteiger partial charge in [-0.25, -0.2) is 9.18 Å². The van der Waals surface area contributed by atoms with Gasteiger partial charge in [0, 0.05) is 10.2 Å². The largest absolute Gasteiger partial charge is 0.452 e. The highest BCUT2D eigenvalue weighted by Gasteiger charge is 2.11. The van der Waals surface area contributed by atoms with E-state index in [1.807, 2.05) is 0 Å². The average Bonchev–Trinajstić information content (AvgIpc) is 2.49. The lowest BCUT2D eigenvalue weighted by molar-refractivity contribution is -0.119. The topological polar surface area (TPSA) is 55.4 Å². The van der Waals surface area contributed by atoms with Gasteiger partial charge in [0.05, 0.1) is 10.6 Å². The highest BCUT2D eigenvalue weighted by Crippen LogP contribution is 2.19. The third kappa shape index (κ3) is 4.54. The van der Waals surface area contributed by atoms with Crippen molar-refractivity contribution in [1.29, 1.82) is 0 Å². The number of hydrogen-bond acceptors (Lipinski definition) is 3. The van der Waals surface area contributed by atoms with Gasteiger partial charge in [-0.3, -0.25) is 4.79 Å². The maximum atomic E-state index is 13.0. The van der Waals surface area contributed by atoms with Crippen LogP contribution in [0.2, 0.25) is 5.02 Å². The summed E-state index contributed by atoms with van der Waals surface area (Å²) in [5.74, 6) is -1.74. The molecule has 4 nitrogen and oxygen atoms in total. The lowest BCUT2D eigenvalue weighted by Crippen LogP contribution is -2.20. The summed E-state index contributed by atoms with van der Waals surface area (Å²) >= 11 is 8.85. The molecule has 0 aliphatic carbocycles. The van der Waals surface area contributed by atoms with Gasteiger partial charge in [-0.2, -0.15) is 0 Å². The predicted molar refractivity (Wildman–Crippen MR) is 84.5 cm³/mol. The third-order valence-corrected chi connectivity index (χ3v) is 3.44. The smallest absolute Gasteiger partial charge is 0.338 e. The van der Waals surface area contributed by atoms with Gasteiger partial charge in [0.2, 0.25) is 0 Å². The second-order valence-electron chi connectivity index (χ2n) is 4.26. The Bertz CT molecular complexity index is 706. The summed E-state index contributed by atoms with van der Waals surface area (Å²) in [6.07, 6.45) is 0. The standard InChI is InChI=1S/C15H10BrClFNO3/c16-10-3-1-9(2-4-10)15(21)22-8-14(20)19-11-5-6-13(18)12(17)7-11/h1-7H,8H2,(H,19,20). The van der Waals surface area contributed by atoms with Crippen LogP contribution in [0.15, 0.2) is 46.9 Å². The molecule has 0 radical (unpaired) electrons. The van der Waals surface area contributed by atoms with Gasteiger partial charge in [0.15, 0.2) is 6.61 Å². The molecule has 1 amide bonds. The third-order valence-electron chi connectivity index (χ3n) is 2.62. The first kappa shape index (κ1) is 16.5. The summed E-state index contributed by atoms with van der Waals surface area (Å²) < 4.78 is 18.7. The Morgan fingerprint density at radius 2 is 1.86 bits per heavy atom. The molecule has 0 aromatic heterocycles. The van der Waals surface area contributed by atoms with Crippen LogP contribution >= 0.6 is 27.5 Å². The molecule has 0 aliphatic rings. The van der Waals surface area contributed by atoms with Crippen molar-refractivity contribution in [3.8, 4) is 0 Å². The van der Waals surface area contributed by atoms with E-state index in [0.29, 0.717) is 11.3 Å². The van der Waals surface area contributed by atoms with E-state index >= 15 is 0 Å². The molecule has 0 atom stereocenters. The molecule has 114 valence electrons. The van der Waals surface area contributed by atoms with E-state index in [0.717, 1.165) is 10.5 Å². The first-order valence-electron chi connectivity index (χ1n) is 6.13. The monoisotopic (exact) mass is 385 g/mol. The van der Waals surface area contributed by atoms with Crippen LogP contribution < -0.4 is 5.32 Å². The van der Waals surface area contributed by atoms with Crippen LogP contribution in [-0.4, -0.2) is 18.5 Å². The van der Waals surface area contributed by atoms with Gasteiger partial charge in [-0.05, 0) is 42.5 Å². The van der Waals surface area contributed by atoms with Gasteiger partial charge in [0.1, 0.15) is 5.82 Å². The van der Waals surface area contributed by atoms with Gasteiger partial charge >= 0.3 is 5.97 Å². The summed E-state index contributed by atoms with van der Waals surface area (Å²) in [6.45, 7) is -0.454. The SMILES string of the molecule is O=C(COC(=O)c1ccc(Br)cc1)Nc1ccc(F)c(Cl)c1. The number of ether oxygens (including phenoxy) is 1. The van der Waals surface area contributed by atoms with Gasteiger partial charge in [-0.1, -0.05) is 27.5 Å². The Morgan fingerprint density at radius 1 is 1.18 bits per heavy atom. The Balaban J connectivity index is 1.88. The minimum atomic E-state index is -0.611. The summed E-state index contributed by atoms with van der Waals surface area (Å²) in [6, 6.07) is 10.3. The molecule has 1 N–H and O–H groups in total. The number of esters is 1. The van der Waals surface area contributed by atoms with E-state index in [-0.39, 0.29) is 5.02 Å². The maximum absolute atomic E-state index is 13.0. The molecule has 0 saturated carbocycles. The van der Waals surface area contributed by atoms with Crippen molar-refractivity contribution in [3.63, 3.8) is 0 Å². The van der Waals surface area contributed by atoms with Crippen LogP contribution in [-0.2, 0) is 9.53 Å². The Morgan fingerprint density at radius 3 is 2.50 bits per heavy atom. The second kappa shape index (κ2) is 7.38. The molecule has 22 heavy (non-hydrogen) atoms. The highest BCUT2D eigenvalue weighted by atomic mass is 79.9. The van der Waals surface area contributed by atoms with Crippen LogP contribution in [0.3, 0.4) is 0 Å². The van der Waals surface area contributed by atoms with E-state index in [2.05, 4.69) is 21.2 Å². The average molecular weight is 387 g/mol. The molecule has 2 aromatic carbocycles. The zero-order valence-corrected chi connectivity index (χ0v) is 13.4. The molecule has 2 rings (SSSR count). The number of hydrogen-bond donors (Lipinski definition) is 1. The predicted octanol–water partition coefficient (Wildman–Crippen LogP) is 4.04. The Hall–Kier alpha value is -1.92. The quantitative estimate of drug-likeness (QED) is 0.807. The van der Waals surface area contributed by atoms with Crippen molar-refractivity contribution >= 4 is 45.1 Å². The first-order valence-corrected chi connectivity index (χ1v) is 7.30. The van der Waals surface area contributed by atoms with Crippen LogP contribution in [0, 0.1) is 5.82 Å². The van der Waals surface area contributed by atoms with E-state index < -0.39 is 24.3 Å². The number of halogens is 3. The van der Waals surface area contributed by atoms with E-state index in [1.54, 1.807) is 24.3 Å². The highest BCUT2D eigenvalue weighted by molar-refractivity contribution is 9.10. The molecule has 0 spiro atoms. The fraction of sp³-hybridized carbons (Fsp3) is 0.0667. The Labute approximate surface area is 139 Å². The molecule has 0 unspecified atom stereocenters. The molecular weight excluding hydrogens is 377 g/mol. The molecule has 0 bridgehead atoms. The molecule has 7 heteroatoms. The Kier molecular flexibility index (Phi) is 5.51. The van der Waals surface area contributed by atoms with E-state index in [4.69, 9.17) is 16.3 Å². The van der Waals surface area contributed by atoms with Crippen LogP contribution in [0.4, 0.5) is 10.1 Å². The lowest BCUT2D eigenvalue weighted by Gasteiger charge is -2.07. The van der Waals surface area contributed by atoms with Crippen LogP contribution in [0.1, 0.15) is 10.4 Å². The summed E-state index contributed by atoms with van der Waals surface area (Å²) in [5, 5.41) is 2.34. The summed E-state index contributed by atoms with van der Waals surface area (Å²) in [7, 11) is 0. The number of nitrogens with one attached hydrogen (secondary N) is 1. The lowest BCUT2D eigenvalue weighted by atomic mass is 10.2. The van der Waals surface area contributed by atoms with Crippen LogP contribution in [0.25, 0.3) is 0 Å². The number of carbonyl (C=O) groups excluding carboxylic acids is 2. The number of carbonyl (C=O) groups is 2. The van der Waals surface area contributed by atoms with Crippen molar-refractivity contribution in [3.05, 3.63) is 63.3 Å². The van der Waals surface area contributed by atoms with E-state index in [1.165, 1.54) is 12.1 Å². The zero-order valence-electron chi connectivity index (χ0n) is 11.1. The van der Waals surface area contributed by atoms with Crippen molar-refractivity contribution in [2.24, 2.45) is 0 Å². The van der Waals surface area contributed by atoms with Crippen molar-refractivity contribution in [2.75, 3.05) is 11.9 Å². The van der Waals surface area contributed by atoms with Gasteiger partial charge in [0.25, 0.3) is 5.91 Å². The summed E-state index contributed by atoms with van der Waals surface area (Å²) in [4.78, 5) is 23.4.